The molecule has 11 atom stereocenters. The predicted octanol–water partition coefficient (Wildman–Crippen LogP) is 4.90. The lowest BCUT2D eigenvalue weighted by Gasteiger charge is -2.61. The standard InChI is InChI=1S/C30H48O5/c1-17(2)18(3)7-8-19(4)24-11-12-25-23-10-9-21-13-22(32)14-27(34)29(21,6)28(23)26(33)15-30(24,25)16-35-20(5)31/h7-9,17-19,22-28,32-34H,10-16H2,1-6H3/b8-7+/t18-,19?,22+,23?,24?,25?,26+,27-,28?,29+,30-/m0/s1. The van der Waals surface area contributed by atoms with E-state index in [4.69, 9.17) is 4.74 Å². The van der Waals surface area contributed by atoms with Gasteiger partial charge in [0, 0.05) is 24.2 Å². The lowest BCUT2D eigenvalue weighted by molar-refractivity contribution is -0.181. The highest BCUT2D eigenvalue weighted by molar-refractivity contribution is 5.66. The van der Waals surface area contributed by atoms with Gasteiger partial charge in [0.2, 0.25) is 0 Å². The Labute approximate surface area is 212 Å². The Morgan fingerprint density at radius 3 is 2.54 bits per heavy atom. The van der Waals surface area contributed by atoms with E-state index in [1.54, 1.807) is 0 Å². The van der Waals surface area contributed by atoms with Crippen LogP contribution >= 0.6 is 0 Å². The molecule has 0 aromatic rings. The normalized spacial score (nSPS) is 44.9. The van der Waals surface area contributed by atoms with Crippen molar-refractivity contribution in [2.45, 2.75) is 98.4 Å². The molecule has 4 aliphatic rings. The van der Waals surface area contributed by atoms with Crippen molar-refractivity contribution in [1.82, 2.24) is 0 Å². The van der Waals surface area contributed by atoms with Gasteiger partial charge in [0.05, 0.1) is 24.9 Å². The summed E-state index contributed by atoms with van der Waals surface area (Å²) in [6.45, 7) is 13.0. The quantitative estimate of drug-likeness (QED) is 0.366. The Hall–Kier alpha value is -1.17. The summed E-state index contributed by atoms with van der Waals surface area (Å²) in [5.74, 6) is 2.06. The van der Waals surface area contributed by atoms with Crippen LogP contribution in [0.2, 0.25) is 0 Å². The molecule has 0 aliphatic heterocycles. The molecule has 0 heterocycles. The Morgan fingerprint density at radius 2 is 1.89 bits per heavy atom. The van der Waals surface area contributed by atoms with E-state index in [2.05, 4.69) is 52.8 Å². The van der Waals surface area contributed by atoms with Gasteiger partial charge in [0.15, 0.2) is 0 Å². The number of hydrogen-bond acceptors (Lipinski definition) is 5. The third kappa shape index (κ3) is 4.55. The van der Waals surface area contributed by atoms with Crippen molar-refractivity contribution in [2.75, 3.05) is 6.61 Å². The molecule has 0 aromatic heterocycles. The number of aliphatic hydroxyl groups is 3. The van der Waals surface area contributed by atoms with Gasteiger partial charge >= 0.3 is 5.97 Å². The zero-order chi connectivity index (χ0) is 25.7. The predicted molar refractivity (Wildman–Crippen MR) is 137 cm³/mol. The molecule has 198 valence electrons. The number of esters is 1. The Morgan fingerprint density at radius 1 is 1.17 bits per heavy atom. The van der Waals surface area contributed by atoms with E-state index < -0.39 is 23.7 Å². The maximum atomic E-state index is 12.0. The van der Waals surface area contributed by atoms with Crippen LogP contribution in [-0.4, -0.2) is 46.2 Å². The van der Waals surface area contributed by atoms with Gasteiger partial charge in [-0.05, 0) is 73.5 Å². The molecule has 4 aliphatic carbocycles. The van der Waals surface area contributed by atoms with Crippen molar-refractivity contribution in [1.29, 1.82) is 0 Å². The topological polar surface area (TPSA) is 87.0 Å². The van der Waals surface area contributed by atoms with Crippen LogP contribution < -0.4 is 0 Å². The average molecular weight is 489 g/mol. The third-order valence-corrected chi connectivity index (χ3v) is 10.9. The molecule has 3 N–H and O–H groups in total. The lowest BCUT2D eigenvalue weighted by atomic mass is 9.45. The molecule has 0 radical (unpaired) electrons. The van der Waals surface area contributed by atoms with E-state index in [9.17, 15) is 20.1 Å². The first-order chi connectivity index (χ1) is 16.4. The molecule has 0 amide bonds. The number of aliphatic hydroxyl groups excluding tert-OH is 3. The van der Waals surface area contributed by atoms with Crippen molar-refractivity contribution < 1.29 is 24.9 Å². The van der Waals surface area contributed by atoms with E-state index in [0.29, 0.717) is 55.5 Å². The maximum absolute atomic E-state index is 12.0. The number of rotatable bonds is 6. The first kappa shape index (κ1) is 26.9. The number of ether oxygens (including phenoxy) is 1. The molecule has 5 heteroatoms. The number of carbonyl (C=O) groups is 1. The van der Waals surface area contributed by atoms with Crippen LogP contribution in [0.1, 0.15) is 80.1 Å². The second kappa shape index (κ2) is 9.95. The van der Waals surface area contributed by atoms with Crippen LogP contribution in [0, 0.1) is 52.3 Å². The summed E-state index contributed by atoms with van der Waals surface area (Å²) in [6, 6.07) is 0. The molecule has 35 heavy (non-hydrogen) atoms. The van der Waals surface area contributed by atoms with Gasteiger partial charge in [-0.3, -0.25) is 4.79 Å². The summed E-state index contributed by atoms with van der Waals surface area (Å²) in [4.78, 5) is 12.0. The Bertz CT molecular complexity index is 848. The average Bonchev–Trinajstić information content (AvgIpc) is 3.16. The summed E-state index contributed by atoms with van der Waals surface area (Å²) in [6.07, 6.45) is 9.76. The fraction of sp³-hybridized carbons (Fsp3) is 0.833. The lowest BCUT2D eigenvalue weighted by Crippen LogP contribution is -2.61. The summed E-state index contributed by atoms with van der Waals surface area (Å²) >= 11 is 0. The number of carbonyl (C=O) groups excluding carboxylic acids is 1. The molecular weight excluding hydrogens is 440 g/mol. The number of fused-ring (bicyclic) bond motifs is 5. The minimum atomic E-state index is -0.655. The van der Waals surface area contributed by atoms with Crippen LogP contribution in [0.4, 0.5) is 0 Å². The van der Waals surface area contributed by atoms with Crippen LogP contribution in [0.25, 0.3) is 0 Å². The second-order valence-electron chi connectivity index (χ2n) is 13.0. The molecule has 5 unspecified atom stereocenters. The molecular formula is C30H48O5. The molecule has 0 bridgehead atoms. The highest BCUT2D eigenvalue weighted by Crippen LogP contribution is 2.67. The second-order valence-corrected chi connectivity index (χ2v) is 13.0. The van der Waals surface area contributed by atoms with Gasteiger partial charge in [-0.1, -0.05) is 58.4 Å². The highest BCUT2D eigenvalue weighted by atomic mass is 16.5. The van der Waals surface area contributed by atoms with E-state index >= 15 is 0 Å². The molecule has 0 saturated heterocycles. The highest BCUT2D eigenvalue weighted by Gasteiger charge is 2.65. The van der Waals surface area contributed by atoms with Gasteiger partial charge in [0.1, 0.15) is 0 Å². The molecule has 5 nitrogen and oxygen atoms in total. The molecule has 0 aromatic carbocycles. The van der Waals surface area contributed by atoms with Crippen LogP contribution in [0.5, 0.6) is 0 Å². The number of hydrogen-bond donors (Lipinski definition) is 3. The van der Waals surface area contributed by atoms with Crippen molar-refractivity contribution in [3.8, 4) is 0 Å². The monoisotopic (exact) mass is 488 g/mol. The van der Waals surface area contributed by atoms with Gasteiger partial charge < -0.3 is 20.1 Å². The summed E-state index contributed by atoms with van der Waals surface area (Å²) < 4.78 is 5.75. The van der Waals surface area contributed by atoms with Crippen LogP contribution in [-0.2, 0) is 9.53 Å². The van der Waals surface area contributed by atoms with Crippen molar-refractivity contribution >= 4 is 5.97 Å². The number of allylic oxidation sites excluding steroid dienone is 3. The Balaban J connectivity index is 1.69. The van der Waals surface area contributed by atoms with Crippen molar-refractivity contribution in [3.63, 3.8) is 0 Å². The van der Waals surface area contributed by atoms with E-state index in [-0.39, 0.29) is 23.2 Å². The van der Waals surface area contributed by atoms with Gasteiger partial charge in [-0.25, -0.2) is 0 Å². The minimum Gasteiger partial charge on any atom is -0.465 e. The van der Waals surface area contributed by atoms with Gasteiger partial charge in [-0.2, -0.15) is 0 Å². The summed E-state index contributed by atoms with van der Waals surface area (Å²) in [5.41, 5.74) is 0.355. The minimum absolute atomic E-state index is 0.0361. The van der Waals surface area contributed by atoms with E-state index in [1.807, 2.05) is 0 Å². The van der Waals surface area contributed by atoms with Crippen LogP contribution in [0.3, 0.4) is 0 Å². The smallest absolute Gasteiger partial charge is 0.302 e. The largest absolute Gasteiger partial charge is 0.465 e. The van der Waals surface area contributed by atoms with Crippen LogP contribution in [0.15, 0.2) is 23.8 Å². The fourth-order valence-electron chi connectivity index (χ4n) is 8.65. The van der Waals surface area contributed by atoms with E-state index in [0.717, 1.165) is 24.8 Å². The molecule has 0 spiro atoms. The molecule has 3 fully saturated rings. The van der Waals surface area contributed by atoms with Gasteiger partial charge in [0.25, 0.3) is 0 Å². The molecule has 3 saturated carbocycles. The van der Waals surface area contributed by atoms with E-state index in [1.165, 1.54) is 6.92 Å². The summed E-state index contributed by atoms with van der Waals surface area (Å²) in [5, 5.41) is 33.3. The zero-order valence-corrected chi connectivity index (χ0v) is 22.6. The first-order valence-corrected chi connectivity index (χ1v) is 14.0. The third-order valence-electron chi connectivity index (χ3n) is 10.9. The first-order valence-electron chi connectivity index (χ1n) is 14.0. The van der Waals surface area contributed by atoms with Crippen molar-refractivity contribution in [3.05, 3.63) is 23.8 Å². The Kier molecular flexibility index (Phi) is 7.64. The fourth-order valence-corrected chi connectivity index (χ4v) is 8.65. The van der Waals surface area contributed by atoms with Gasteiger partial charge in [-0.15, -0.1) is 0 Å². The molecule has 4 rings (SSSR count). The SMILES string of the molecule is CC(=O)OC[C@]12C[C@@H](O)C3C(CC=C4C[C@@H](O)C[C@H](O)[C@@]43C)C1CCC2C(C)/C=C/[C@H](C)C(C)C. The zero-order valence-electron chi connectivity index (χ0n) is 22.6. The van der Waals surface area contributed by atoms with Crippen molar-refractivity contribution in [2.24, 2.45) is 52.3 Å². The summed E-state index contributed by atoms with van der Waals surface area (Å²) in [7, 11) is 0. The maximum Gasteiger partial charge on any atom is 0.302 e.